The van der Waals surface area contributed by atoms with Crippen molar-refractivity contribution in [3.8, 4) is 0 Å². The van der Waals surface area contributed by atoms with Crippen molar-refractivity contribution in [2.75, 3.05) is 0 Å². The van der Waals surface area contributed by atoms with Gasteiger partial charge in [0, 0.05) is 29.1 Å². The third kappa shape index (κ3) is 4.45. The first kappa shape index (κ1) is 23.5. The summed E-state index contributed by atoms with van der Waals surface area (Å²) in [5.41, 5.74) is -1.67. The summed E-state index contributed by atoms with van der Waals surface area (Å²) in [6.07, 6.45) is 2.45. The molecular weight excluding hydrogens is 489 g/mol. The van der Waals surface area contributed by atoms with Crippen LogP contribution in [-0.2, 0) is 14.8 Å². The maximum absolute atomic E-state index is 13.6. The monoisotopic (exact) mass is 509 g/mol. The molecule has 174 valence electrons. The summed E-state index contributed by atoms with van der Waals surface area (Å²) in [6, 6.07) is 9.00. The fraction of sp³-hybridized carbons (Fsp3) is 0.318. The molecule has 1 aliphatic carbocycles. The van der Waals surface area contributed by atoms with Crippen LogP contribution < -0.4 is 16.6 Å². The summed E-state index contributed by atoms with van der Waals surface area (Å²) in [4.78, 5) is 38.2. The summed E-state index contributed by atoms with van der Waals surface area (Å²) < 4.78 is 28.4. The van der Waals surface area contributed by atoms with Gasteiger partial charge in [-0.2, -0.15) is 0 Å². The minimum atomic E-state index is -4.50. The molecule has 1 fully saturated rings. The van der Waals surface area contributed by atoms with E-state index in [9.17, 15) is 22.8 Å². The predicted octanol–water partition coefficient (Wildman–Crippen LogP) is 3.33. The van der Waals surface area contributed by atoms with Crippen molar-refractivity contribution in [3.63, 3.8) is 0 Å². The summed E-state index contributed by atoms with van der Waals surface area (Å²) in [6.45, 7) is 1.42. The molecular formula is C22H21Cl2N3O5S. The van der Waals surface area contributed by atoms with Gasteiger partial charge < -0.3 is 5.32 Å². The van der Waals surface area contributed by atoms with Crippen LogP contribution in [0.25, 0.3) is 10.9 Å². The third-order valence-electron chi connectivity index (χ3n) is 5.78. The number of nitrogens with one attached hydrogen (secondary N) is 1. The van der Waals surface area contributed by atoms with Gasteiger partial charge in [0.05, 0.1) is 15.8 Å². The van der Waals surface area contributed by atoms with E-state index in [0.717, 1.165) is 6.42 Å². The van der Waals surface area contributed by atoms with Gasteiger partial charge in [0.1, 0.15) is 0 Å². The summed E-state index contributed by atoms with van der Waals surface area (Å²) >= 11 is 12.0. The van der Waals surface area contributed by atoms with Crippen LogP contribution in [0.1, 0.15) is 38.6 Å². The van der Waals surface area contributed by atoms with Crippen LogP contribution >= 0.6 is 23.2 Å². The summed E-state index contributed by atoms with van der Waals surface area (Å²) in [5, 5.41) is 3.55. The number of fused-ring (bicyclic) bond motifs is 1. The van der Waals surface area contributed by atoms with E-state index in [0.29, 0.717) is 33.3 Å². The average Bonchev–Trinajstić information content (AvgIpc) is 2.73. The van der Waals surface area contributed by atoms with Crippen molar-refractivity contribution in [3.05, 3.63) is 73.3 Å². The number of hydrogen-bond donors (Lipinski definition) is 1. The Morgan fingerprint density at radius 1 is 1.03 bits per heavy atom. The molecule has 2 unspecified atom stereocenters. The van der Waals surface area contributed by atoms with E-state index in [2.05, 4.69) is 5.32 Å². The largest absolute Gasteiger partial charge is 0.354 e. The zero-order valence-corrected chi connectivity index (χ0v) is 20.0. The maximum atomic E-state index is 13.6. The van der Waals surface area contributed by atoms with Gasteiger partial charge in [0.25, 0.3) is 15.6 Å². The van der Waals surface area contributed by atoms with Crippen LogP contribution in [0, 0.1) is 0 Å². The second-order valence-electron chi connectivity index (χ2n) is 8.06. The smallest absolute Gasteiger partial charge is 0.346 e. The number of hydrogen-bond acceptors (Lipinski definition) is 5. The molecule has 0 aliphatic heterocycles. The molecule has 33 heavy (non-hydrogen) atoms. The Morgan fingerprint density at radius 3 is 2.36 bits per heavy atom. The molecule has 11 heteroatoms. The van der Waals surface area contributed by atoms with Crippen molar-refractivity contribution in [2.24, 2.45) is 0 Å². The van der Waals surface area contributed by atoms with E-state index in [-0.39, 0.29) is 27.7 Å². The number of carbonyl (C=O) groups is 1. The van der Waals surface area contributed by atoms with Gasteiger partial charge in [0.15, 0.2) is 0 Å². The van der Waals surface area contributed by atoms with E-state index < -0.39 is 27.3 Å². The molecule has 0 spiro atoms. The minimum Gasteiger partial charge on any atom is -0.354 e. The molecule has 1 aromatic heterocycles. The second-order valence-corrected chi connectivity index (χ2v) is 10.7. The second kappa shape index (κ2) is 8.96. The van der Waals surface area contributed by atoms with Crippen molar-refractivity contribution in [1.82, 2.24) is 13.9 Å². The van der Waals surface area contributed by atoms with E-state index in [4.69, 9.17) is 23.2 Å². The van der Waals surface area contributed by atoms with Crippen LogP contribution in [0.5, 0.6) is 0 Å². The van der Waals surface area contributed by atoms with Crippen LogP contribution in [0.3, 0.4) is 0 Å². The lowest BCUT2D eigenvalue weighted by atomic mass is 9.90. The van der Waals surface area contributed by atoms with Gasteiger partial charge >= 0.3 is 5.69 Å². The fourth-order valence-electron chi connectivity index (χ4n) is 4.38. The minimum absolute atomic E-state index is 0.0539. The van der Waals surface area contributed by atoms with E-state index in [1.54, 1.807) is 0 Å². The van der Waals surface area contributed by atoms with Crippen molar-refractivity contribution in [1.29, 1.82) is 0 Å². The van der Waals surface area contributed by atoms with Gasteiger partial charge in [-0.15, -0.1) is 3.97 Å². The molecule has 0 saturated heterocycles. The maximum Gasteiger partial charge on any atom is 0.346 e. The molecule has 1 heterocycles. The molecule has 0 radical (unpaired) electrons. The molecule has 1 N–H and O–H groups in total. The summed E-state index contributed by atoms with van der Waals surface area (Å²) in [5.74, 6) is -0.184. The third-order valence-corrected chi connectivity index (χ3v) is 7.94. The highest BCUT2D eigenvalue weighted by Gasteiger charge is 2.30. The number of carbonyl (C=O) groups excluding carboxylic acids is 1. The molecule has 4 rings (SSSR count). The SMILES string of the molecule is CC(=O)NC1CCCC(n2c(=O)n(S(=O)(=O)c3ccc(Cl)cc3)c(=O)c3ccc(Cl)cc32)C1. The first-order chi connectivity index (χ1) is 15.6. The fourth-order valence-corrected chi connectivity index (χ4v) is 5.97. The Labute approximate surface area is 199 Å². The van der Waals surface area contributed by atoms with Gasteiger partial charge in [-0.3, -0.25) is 14.2 Å². The first-order valence-corrected chi connectivity index (χ1v) is 12.5. The zero-order valence-electron chi connectivity index (χ0n) is 17.6. The lowest BCUT2D eigenvalue weighted by molar-refractivity contribution is -0.119. The highest BCUT2D eigenvalue weighted by molar-refractivity contribution is 7.90. The molecule has 2 aromatic carbocycles. The van der Waals surface area contributed by atoms with Gasteiger partial charge in [-0.25, -0.2) is 13.2 Å². The number of nitrogens with zero attached hydrogens (tertiary/aromatic N) is 2. The molecule has 1 amide bonds. The van der Waals surface area contributed by atoms with Crippen molar-refractivity contribution >= 4 is 50.0 Å². The topological polar surface area (TPSA) is 107 Å². The van der Waals surface area contributed by atoms with Crippen LogP contribution in [0.4, 0.5) is 0 Å². The van der Waals surface area contributed by atoms with Gasteiger partial charge in [-0.1, -0.05) is 23.2 Å². The zero-order chi connectivity index (χ0) is 23.9. The highest BCUT2D eigenvalue weighted by Crippen LogP contribution is 2.30. The van der Waals surface area contributed by atoms with E-state index in [1.807, 2.05) is 0 Å². The van der Waals surface area contributed by atoms with E-state index >= 15 is 0 Å². The Kier molecular flexibility index (Phi) is 6.39. The Bertz CT molecular complexity index is 1460. The van der Waals surface area contributed by atoms with Crippen molar-refractivity contribution in [2.45, 2.75) is 49.6 Å². The molecule has 1 saturated carbocycles. The van der Waals surface area contributed by atoms with Crippen molar-refractivity contribution < 1.29 is 13.2 Å². The van der Waals surface area contributed by atoms with E-state index in [1.165, 1.54) is 54.0 Å². The number of rotatable bonds is 4. The molecule has 2 atom stereocenters. The van der Waals surface area contributed by atoms with Gasteiger partial charge in [-0.05, 0) is 68.1 Å². The highest BCUT2D eigenvalue weighted by atomic mass is 35.5. The molecule has 3 aromatic rings. The number of aromatic nitrogens is 2. The van der Waals surface area contributed by atoms with Gasteiger partial charge in [0.2, 0.25) is 5.91 Å². The predicted molar refractivity (Wildman–Crippen MR) is 127 cm³/mol. The Balaban J connectivity index is 1.98. The summed E-state index contributed by atoms with van der Waals surface area (Å²) in [7, 11) is -4.50. The van der Waals surface area contributed by atoms with Crippen LogP contribution in [-0.4, -0.2) is 28.9 Å². The number of benzene rings is 2. The van der Waals surface area contributed by atoms with Crippen LogP contribution in [0.15, 0.2) is 56.9 Å². The Hall–Kier alpha value is -2.62. The lowest BCUT2D eigenvalue weighted by Crippen LogP contribution is -2.46. The normalized spacial score (nSPS) is 18.9. The average molecular weight is 510 g/mol. The lowest BCUT2D eigenvalue weighted by Gasteiger charge is -2.31. The molecule has 8 nitrogen and oxygen atoms in total. The molecule has 1 aliphatic rings. The standard InChI is InChI=1S/C22H21Cl2N3O5S/c1-13(28)25-16-3-2-4-17(12-16)26-20-11-15(24)7-10-19(20)21(29)27(22(26)30)33(31,32)18-8-5-14(23)6-9-18/h5-11,16-17H,2-4,12H2,1H3,(H,25,28). The Morgan fingerprint density at radius 2 is 1.70 bits per heavy atom. The molecule has 0 bridgehead atoms. The number of halogens is 2. The first-order valence-electron chi connectivity index (χ1n) is 10.3. The number of amides is 1. The quantitative estimate of drug-likeness (QED) is 0.580. The van der Waals surface area contributed by atoms with Crippen LogP contribution in [0.2, 0.25) is 10.0 Å².